The van der Waals surface area contributed by atoms with Gasteiger partial charge in [0.1, 0.15) is 23.1 Å². The Labute approximate surface area is 189 Å². The first-order valence-electron chi connectivity index (χ1n) is 10.8. The predicted molar refractivity (Wildman–Crippen MR) is 127 cm³/mol. The molecule has 3 N–H and O–H groups in total. The summed E-state index contributed by atoms with van der Waals surface area (Å²) >= 11 is 1.66. The molecule has 1 atom stereocenters. The van der Waals surface area contributed by atoms with Crippen molar-refractivity contribution in [1.29, 1.82) is 0 Å². The molecule has 32 heavy (non-hydrogen) atoms. The van der Waals surface area contributed by atoms with Crippen LogP contribution in [0, 0.1) is 5.41 Å². The number of nitrogens with one attached hydrogen (secondary N) is 3. The summed E-state index contributed by atoms with van der Waals surface area (Å²) in [5, 5.41) is 15.5. The molecule has 0 saturated heterocycles. The van der Waals surface area contributed by atoms with Crippen molar-refractivity contribution in [2.45, 2.75) is 46.1 Å². The third-order valence-corrected chi connectivity index (χ3v) is 6.70. The summed E-state index contributed by atoms with van der Waals surface area (Å²) in [6, 6.07) is 6.05. The molecular weight excluding hydrogens is 424 g/mol. The van der Waals surface area contributed by atoms with Crippen LogP contribution in [0.5, 0.6) is 0 Å². The Bertz CT molecular complexity index is 1290. The Hall–Kier alpha value is -3.20. The van der Waals surface area contributed by atoms with Gasteiger partial charge in [-0.15, -0.1) is 11.3 Å². The number of fused-ring (bicyclic) bond motifs is 4. The lowest BCUT2D eigenvalue weighted by molar-refractivity contribution is 0.0879. The number of benzene rings is 1. The lowest BCUT2D eigenvalue weighted by Gasteiger charge is -2.24. The standard InChI is InChI=1S/C23H26N6O2S/c1-23(2,3)11-24-22(30)31-15-5-6-16-18(9-15)32-21-19(16)20(25-12-26-21)28-14-4-7-17-13(8-14)10-27-29-17/h4,7-8,10,12,15H,5-6,9,11H2,1-3H3,(H,24,30)(H,27,29)(H,25,26,28). The fraction of sp³-hybridized carbons (Fsp3) is 0.391. The molecule has 1 aliphatic carbocycles. The van der Waals surface area contributed by atoms with Crippen LogP contribution in [0.1, 0.15) is 37.6 Å². The van der Waals surface area contributed by atoms with E-state index in [9.17, 15) is 4.79 Å². The van der Waals surface area contributed by atoms with Crippen LogP contribution >= 0.6 is 11.3 Å². The third kappa shape index (κ3) is 4.25. The zero-order valence-corrected chi connectivity index (χ0v) is 19.2. The number of carbonyl (C=O) groups excluding carboxylic acids is 1. The van der Waals surface area contributed by atoms with Gasteiger partial charge in [-0.05, 0) is 42.0 Å². The maximum absolute atomic E-state index is 12.2. The van der Waals surface area contributed by atoms with Crippen LogP contribution in [0.3, 0.4) is 0 Å². The van der Waals surface area contributed by atoms with Crippen molar-refractivity contribution in [2.24, 2.45) is 5.41 Å². The predicted octanol–water partition coefficient (Wildman–Crippen LogP) is 4.94. The molecule has 1 unspecified atom stereocenters. The molecule has 1 aliphatic rings. The maximum Gasteiger partial charge on any atom is 0.407 e. The molecule has 0 spiro atoms. The van der Waals surface area contributed by atoms with Crippen LogP contribution in [0.25, 0.3) is 21.1 Å². The summed E-state index contributed by atoms with van der Waals surface area (Å²) in [4.78, 5) is 23.4. The normalized spacial score (nSPS) is 16.2. The second kappa shape index (κ2) is 8.05. The Morgan fingerprint density at radius 1 is 1.31 bits per heavy atom. The van der Waals surface area contributed by atoms with E-state index in [0.29, 0.717) is 13.0 Å². The number of aryl methyl sites for hydroxylation is 1. The molecule has 9 heteroatoms. The van der Waals surface area contributed by atoms with Crippen molar-refractivity contribution in [2.75, 3.05) is 11.9 Å². The van der Waals surface area contributed by atoms with E-state index in [1.807, 2.05) is 18.2 Å². The number of hydrogen-bond donors (Lipinski definition) is 3. The molecule has 166 valence electrons. The second-order valence-corrected chi connectivity index (χ2v) is 10.5. The van der Waals surface area contributed by atoms with Crippen molar-refractivity contribution < 1.29 is 9.53 Å². The van der Waals surface area contributed by atoms with Gasteiger partial charge in [-0.1, -0.05) is 20.8 Å². The first-order valence-corrected chi connectivity index (χ1v) is 11.6. The molecule has 0 aliphatic heterocycles. The van der Waals surface area contributed by atoms with E-state index in [1.54, 1.807) is 23.9 Å². The topological polar surface area (TPSA) is 105 Å². The minimum atomic E-state index is -0.341. The third-order valence-electron chi connectivity index (χ3n) is 5.54. The smallest absolute Gasteiger partial charge is 0.407 e. The van der Waals surface area contributed by atoms with Crippen molar-refractivity contribution in [1.82, 2.24) is 25.5 Å². The first kappa shape index (κ1) is 20.7. The van der Waals surface area contributed by atoms with E-state index in [0.717, 1.165) is 45.5 Å². The van der Waals surface area contributed by atoms with Crippen LogP contribution < -0.4 is 10.6 Å². The summed E-state index contributed by atoms with van der Waals surface area (Å²) < 4.78 is 5.69. The highest BCUT2D eigenvalue weighted by molar-refractivity contribution is 7.19. The highest BCUT2D eigenvalue weighted by atomic mass is 32.1. The molecule has 0 saturated carbocycles. The molecule has 4 aromatic rings. The van der Waals surface area contributed by atoms with Gasteiger partial charge in [0.2, 0.25) is 0 Å². The Balaban J connectivity index is 1.35. The monoisotopic (exact) mass is 450 g/mol. The van der Waals surface area contributed by atoms with Crippen molar-refractivity contribution in [3.8, 4) is 0 Å². The summed E-state index contributed by atoms with van der Waals surface area (Å²) in [6.45, 7) is 6.83. The van der Waals surface area contributed by atoms with Crippen LogP contribution in [0.4, 0.5) is 16.3 Å². The molecule has 0 fully saturated rings. The van der Waals surface area contributed by atoms with Gasteiger partial charge in [0, 0.05) is 28.9 Å². The van der Waals surface area contributed by atoms with Gasteiger partial charge < -0.3 is 15.4 Å². The minimum Gasteiger partial charge on any atom is -0.446 e. The number of alkyl carbamates (subject to hydrolysis) is 1. The molecule has 0 bridgehead atoms. The molecule has 8 nitrogen and oxygen atoms in total. The summed E-state index contributed by atoms with van der Waals surface area (Å²) in [5.41, 5.74) is 3.22. The highest BCUT2D eigenvalue weighted by Crippen LogP contribution is 2.39. The average molecular weight is 451 g/mol. The number of H-pyrrole nitrogens is 1. The van der Waals surface area contributed by atoms with Crippen molar-refractivity contribution in [3.63, 3.8) is 0 Å². The summed E-state index contributed by atoms with van der Waals surface area (Å²) in [5.74, 6) is 0.803. The number of nitrogens with zero attached hydrogens (tertiary/aromatic N) is 3. The fourth-order valence-electron chi connectivity index (χ4n) is 3.96. The summed E-state index contributed by atoms with van der Waals surface area (Å²) in [6.07, 6.45) is 5.26. The van der Waals surface area contributed by atoms with Gasteiger partial charge in [-0.25, -0.2) is 14.8 Å². The number of rotatable bonds is 4. The number of aromatic nitrogens is 4. The molecule has 5 rings (SSSR count). The maximum atomic E-state index is 12.2. The molecule has 0 radical (unpaired) electrons. The van der Waals surface area contributed by atoms with E-state index in [4.69, 9.17) is 4.74 Å². The van der Waals surface area contributed by atoms with Gasteiger partial charge in [0.05, 0.1) is 17.1 Å². The second-order valence-electron chi connectivity index (χ2n) is 9.39. The van der Waals surface area contributed by atoms with Crippen molar-refractivity contribution in [3.05, 3.63) is 41.2 Å². The number of amides is 1. The van der Waals surface area contributed by atoms with E-state index in [2.05, 4.69) is 51.6 Å². The van der Waals surface area contributed by atoms with Gasteiger partial charge in [-0.2, -0.15) is 5.10 Å². The number of thiophene rings is 1. The lowest BCUT2D eigenvalue weighted by Crippen LogP contribution is -2.36. The van der Waals surface area contributed by atoms with E-state index < -0.39 is 0 Å². The quantitative estimate of drug-likeness (QED) is 0.407. The number of ether oxygens (including phenoxy) is 1. The molecular formula is C23H26N6O2S. The molecule has 3 aromatic heterocycles. The SMILES string of the molecule is CC(C)(C)CNC(=O)OC1CCc2c(sc3ncnc(Nc4ccc5[nH]ncc5c4)c23)C1. The largest absolute Gasteiger partial charge is 0.446 e. The lowest BCUT2D eigenvalue weighted by atomic mass is 9.94. The number of aromatic amines is 1. The summed E-state index contributed by atoms with van der Waals surface area (Å²) in [7, 11) is 0. The van der Waals surface area contributed by atoms with Gasteiger partial charge in [0.15, 0.2) is 0 Å². The van der Waals surface area contributed by atoms with E-state index in [1.165, 1.54) is 10.4 Å². The van der Waals surface area contributed by atoms with Crippen LogP contribution in [0.2, 0.25) is 0 Å². The fourth-order valence-corrected chi connectivity index (χ4v) is 5.21. The Morgan fingerprint density at radius 3 is 3.03 bits per heavy atom. The van der Waals surface area contributed by atoms with Crippen LogP contribution in [0.15, 0.2) is 30.7 Å². The Morgan fingerprint density at radius 2 is 2.19 bits per heavy atom. The zero-order chi connectivity index (χ0) is 22.3. The van der Waals surface area contributed by atoms with E-state index >= 15 is 0 Å². The molecule has 1 aromatic carbocycles. The highest BCUT2D eigenvalue weighted by Gasteiger charge is 2.27. The van der Waals surface area contributed by atoms with Crippen LogP contribution in [-0.2, 0) is 17.6 Å². The Kier molecular flexibility index (Phi) is 5.21. The first-order chi connectivity index (χ1) is 15.4. The van der Waals surface area contributed by atoms with Gasteiger partial charge in [-0.3, -0.25) is 5.10 Å². The number of anilines is 2. The van der Waals surface area contributed by atoms with Crippen molar-refractivity contribution >= 4 is 50.1 Å². The van der Waals surface area contributed by atoms with E-state index in [-0.39, 0.29) is 17.6 Å². The minimum absolute atomic E-state index is 0.0223. The molecule has 1 amide bonds. The average Bonchev–Trinajstić information content (AvgIpc) is 3.35. The van der Waals surface area contributed by atoms with Gasteiger partial charge >= 0.3 is 6.09 Å². The van der Waals surface area contributed by atoms with Gasteiger partial charge in [0.25, 0.3) is 0 Å². The number of hydrogen-bond acceptors (Lipinski definition) is 7. The zero-order valence-electron chi connectivity index (χ0n) is 18.4. The van der Waals surface area contributed by atoms with Crippen LogP contribution in [-0.4, -0.2) is 38.9 Å². The molecule has 3 heterocycles. The number of carbonyl (C=O) groups is 1.